The smallest absolute Gasteiger partial charge is 0.257 e. The van der Waals surface area contributed by atoms with Gasteiger partial charge in [0, 0.05) is 24.6 Å². The van der Waals surface area contributed by atoms with Gasteiger partial charge in [-0.15, -0.1) is 0 Å². The fourth-order valence-electron chi connectivity index (χ4n) is 1.97. The van der Waals surface area contributed by atoms with Gasteiger partial charge >= 0.3 is 0 Å². The number of rotatable bonds is 9. The highest BCUT2D eigenvalue weighted by Gasteiger charge is 2.32. The van der Waals surface area contributed by atoms with Crippen LogP contribution in [0.25, 0.3) is 0 Å². The molecule has 0 unspecified atom stereocenters. The van der Waals surface area contributed by atoms with Crippen LogP contribution >= 0.6 is 28.5 Å². The molecular weight excluding hydrogens is 281 g/mol. The number of piperidine rings is 1. The summed E-state index contributed by atoms with van der Waals surface area (Å²) < 4.78 is 15.5. The van der Waals surface area contributed by atoms with Gasteiger partial charge in [0.15, 0.2) is 0 Å². The molecule has 5 heteroatoms. The highest BCUT2D eigenvalue weighted by atomic mass is 33.1. The molecular formula is C13H28NOPS2. The fraction of sp³-hybridized carbons (Fsp3) is 1.00. The molecule has 108 valence electrons. The predicted octanol–water partition coefficient (Wildman–Crippen LogP) is 5.65. The zero-order valence-corrected chi connectivity index (χ0v) is 14.4. The lowest BCUT2D eigenvalue weighted by molar-refractivity contribution is 0.358. The van der Waals surface area contributed by atoms with Crippen LogP contribution in [0, 0.1) is 0 Å². The maximum absolute atomic E-state index is 13.2. The lowest BCUT2D eigenvalue weighted by Crippen LogP contribution is -2.25. The Bertz CT molecular complexity index is 243. The second-order valence-electron chi connectivity index (χ2n) is 4.86. The Morgan fingerprint density at radius 1 is 0.944 bits per heavy atom. The Labute approximate surface area is 121 Å². The quantitative estimate of drug-likeness (QED) is 0.405. The maximum Gasteiger partial charge on any atom is 0.257 e. The van der Waals surface area contributed by atoms with Crippen molar-refractivity contribution in [2.75, 3.05) is 24.6 Å². The van der Waals surface area contributed by atoms with Crippen LogP contribution in [0.15, 0.2) is 0 Å². The molecule has 0 amide bonds. The second kappa shape index (κ2) is 9.74. The molecule has 1 heterocycles. The molecule has 1 saturated heterocycles. The average Bonchev–Trinajstić information content (AvgIpc) is 2.40. The van der Waals surface area contributed by atoms with Crippen molar-refractivity contribution in [3.63, 3.8) is 0 Å². The minimum Gasteiger partial charge on any atom is -0.283 e. The highest BCUT2D eigenvalue weighted by Crippen LogP contribution is 2.71. The van der Waals surface area contributed by atoms with Gasteiger partial charge in [0.25, 0.3) is 5.70 Å². The molecule has 0 aromatic carbocycles. The molecule has 0 N–H and O–H groups in total. The zero-order chi connectivity index (χ0) is 13.3. The first-order chi connectivity index (χ1) is 8.73. The van der Waals surface area contributed by atoms with Gasteiger partial charge in [-0.05, 0) is 25.7 Å². The van der Waals surface area contributed by atoms with Crippen molar-refractivity contribution in [2.24, 2.45) is 0 Å². The summed E-state index contributed by atoms with van der Waals surface area (Å²) in [5.74, 6) is 2.12. The molecule has 2 nitrogen and oxygen atoms in total. The van der Waals surface area contributed by atoms with Crippen molar-refractivity contribution in [3.8, 4) is 0 Å². The number of hydrogen-bond donors (Lipinski definition) is 0. The molecule has 1 aliphatic rings. The third-order valence-corrected chi connectivity index (χ3v) is 12.2. The van der Waals surface area contributed by atoms with Crippen LogP contribution < -0.4 is 0 Å². The van der Waals surface area contributed by atoms with Crippen molar-refractivity contribution in [3.05, 3.63) is 0 Å². The molecule has 0 saturated carbocycles. The van der Waals surface area contributed by atoms with Gasteiger partial charge in [0.2, 0.25) is 0 Å². The van der Waals surface area contributed by atoms with Gasteiger partial charge in [-0.2, -0.15) is 0 Å². The summed E-state index contributed by atoms with van der Waals surface area (Å²) in [4.78, 5) is 0. The van der Waals surface area contributed by atoms with E-state index in [1.807, 2.05) is 0 Å². The molecule has 18 heavy (non-hydrogen) atoms. The SMILES string of the molecule is CCCCSP(=O)(SCCCC)N1CCCCC1. The first-order valence-electron chi connectivity index (χ1n) is 7.37. The monoisotopic (exact) mass is 309 g/mol. The topological polar surface area (TPSA) is 20.3 Å². The van der Waals surface area contributed by atoms with E-state index in [0.29, 0.717) is 0 Å². The van der Waals surface area contributed by atoms with Crippen LogP contribution in [-0.2, 0) is 4.57 Å². The van der Waals surface area contributed by atoms with Crippen LogP contribution in [0.2, 0.25) is 0 Å². The van der Waals surface area contributed by atoms with E-state index in [4.69, 9.17) is 0 Å². The van der Waals surface area contributed by atoms with Gasteiger partial charge in [-0.3, -0.25) is 4.57 Å². The summed E-state index contributed by atoms with van der Waals surface area (Å²) in [6.45, 7) is 6.51. The van der Waals surface area contributed by atoms with Crippen molar-refractivity contribution in [2.45, 2.75) is 58.8 Å². The molecule has 1 rings (SSSR count). The predicted molar refractivity (Wildman–Crippen MR) is 87.8 cm³/mol. The standard InChI is InChI=1S/C13H28NOPS2/c1-3-5-12-17-16(15,18-13-6-4-2)14-10-8-7-9-11-14/h3-13H2,1-2H3. The Morgan fingerprint density at radius 2 is 1.44 bits per heavy atom. The van der Waals surface area contributed by atoms with E-state index >= 15 is 0 Å². The van der Waals surface area contributed by atoms with Crippen molar-refractivity contribution in [1.82, 2.24) is 4.67 Å². The molecule has 0 aromatic rings. The van der Waals surface area contributed by atoms with Gasteiger partial charge in [-0.25, -0.2) is 4.67 Å². The molecule has 0 radical (unpaired) electrons. The van der Waals surface area contributed by atoms with Crippen molar-refractivity contribution in [1.29, 1.82) is 0 Å². The maximum atomic E-state index is 13.2. The van der Waals surface area contributed by atoms with Crippen LogP contribution in [0.5, 0.6) is 0 Å². The van der Waals surface area contributed by atoms with Gasteiger partial charge in [0.05, 0.1) is 0 Å². The summed E-state index contributed by atoms with van der Waals surface area (Å²) in [5, 5.41) is 0. The second-order valence-corrected chi connectivity index (χ2v) is 12.9. The van der Waals surface area contributed by atoms with Crippen LogP contribution in [0.3, 0.4) is 0 Å². The van der Waals surface area contributed by atoms with Crippen LogP contribution in [-0.4, -0.2) is 29.3 Å². The van der Waals surface area contributed by atoms with Gasteiger partial charge < -0.3 is 0 Å². The summed E-state index contributed by atoms with van der Waals surface area (Å²) in [7, 11) is 0. The number of hydrogen-bond acceptors (Lipinski definition) is 3. The first kappa shape index (κ1) is 16.9. The summed E-state index contributed by atoms with van der Waals surface area (Å²) in [6.07, 6.45) is 8.56. The summed E-state index contributed by atoms with van der Waals surface area (Å²) in [5.41, 5.74) is -2.19. The number of nitrogens with zero attached hydrogens (tertiary/aromatic N) is 1. The van der Waals surface area contributed by atoms with E-state index < -0.39 is 5.70 Å². The van der Waals surface area contributed by atoms with Crippen molar-refractivity contribution >= 4 is 28.5 Å². The third kappa shape index (κ3) is 5.90. The molecule has 0 spiro atoms. The molecule has 0 bridgehead atoms. The largest absolute Gasteiger partial charge is 0.283 e. The Kier molecular flexibility index (Phi) is 9.17. The third-order valence-electron chi connectivity index (χ3n) is 3.18. The Morgan fingerprint density at radius 3 is 1.89 bits per heavy atom. The Balaban J connectivity index is 2.50. The fourth-order valence-corrected chi connectivity index (χ4v) is 10.8. The van der Waals surface area contributed by atoms with E-state index in [1.165, 1.54) is 44.9 Å². The van der Waals surface area contributed by atoms with E-state index in [9.17, 15) is 4.57 Å². The minimum atomic E-state index is -2.19. The van der Waals surface area contributed by atoms with Gasteiger partial charge in [-0.1, -0.05) is 55.9 Å². The van der Waals surface area contributed by atoms with Crippen LogP contribution in [0.1, 0.15) is 58.8 Å². The van der Waals surface area contributed by atoms with Crippen molar-refractivity contribution < 1.29 is 4.57 Å². The number of unbranched alkanes of at least 4 members (excludes halogenated alkanes) is 2. The molecule has 0 aromatic heterocycles. The Hall–Kier alpha value is 0.890. The van der Waals surface area contributed by atoms with Gasteiger partial charge in [0.1, 0.15) is 0 Å². The highest BCUT2D eigenvalue weighted by molar-refractivity contribution is 8.89. The van der Waals surface area contributed by atoms with E-state index in [2.05, 4.69) is 18.5 Å². The normalized spacial score (nSPS) is 18.1. The molecule has 1 aliphatic heterocycles. The van der Waals surface area contributed by atoms with Crippen LogP contribution in [0.4, 0.5) is 0 Å². The lowest BCUT2D eigenvalue weighted by Gasteiger charge is -2.33. The minimum absolute atomic E-state index is 1.05. The molecule has 0 aliphatic carbocycles. The summed E-state index contributed by atoms with van der Waals surface area (Å²) in [6, 6.07) is 0. The lowest BCUT2D eigenvalue weighted by atomic mass is 10.2. The molecule has 0 atom stereocenters. The molecule has 1 fully saturated rings. The van der Waals surface area contributed by atoms with E-state index in [-0.39, 0.29) is 0 Å². The first-order valence-corrected chi connectivity index (χ1v) is 12.2. The average molecular weight is 309 g/mol. The summed E-state index contributed by atoms with van der Waals surface area (Å²) >= 11 is 3.50. The van der Waals surface area contributed by atoms with E-state index in [0.717, 1.165) is 24.6 Å². The van der Waals surface area contributed by atoms with E-state index in [1.54, 1.807) is 22.8 Å². The zero-order valence-electron chi connectivity index (χ0n) is 11.9.